The van der Waals surface area contributed by atoms with Crippen LogP contribution < -0.4 is 20.1 Å². The maximum absolute atomic E-state index is 5.94. The van der Waals surface area contributed by atoms with Crippen LogP contribution in [0.1, 0.15) is 44.7 Å². The maximum atomic E-state index is 5.94. The summed E-state index contributed by atoms with van der Waals surface area (Å²) in [7, 11) is 2.20. The quantitative estimate of drug-likeness (QED) is 0.199. The third-order valence-corrected chi connectivity index (χ3v) is 5.92. The SMILES string of the molecule is CCNC(=NCc1cc2c(cc1OCC)CC(C)O2)NCCCCN1CCN(C)CC1.I. The second kappa shape index (κ2) is 14.1. The molecule has 182 valence electrons. The van der Waals surface area contributed by atoms with Crippen LogP contribution in [0.25, 0.3) is 0 Å². The largest absolute Gasteiger partial charge is 0.494 e. The number of benzene rings is 1. The van der Waals surface area contributed by atoms with E-state index in [0.29, 0.717) is 13.2 Å². The molecule has 0 aromatic heterocycles. The molecule has 1 fully saturated rings. The fraction of sp³-hybridized carbons (Fsp3) is 0.708. The second-order valence-corrected chi connectivity index (χ2v) is 8.61. The summed E-state index contributed by atoms with van der Waals surface area (Å²) in [5.74, 6) is 2.76. The lowest BCUT2D eigenvalue weighted by molar-refractivity contribution is 0.152. The monoisotopic (exact) mass is 559 g/mol. The fourth-order valence-electron chi connectivity index (χ4n) is 4.14. The number of aliphatic imine (C=N–C) groups is 1. The minimum absolute atomic E-state index is 0. The molecule has 0 aliphatic carbocycles. The van der Waals surface area contributed by atoms with E-state index in [4.69, 9.17) is 14.5 Å². The molecule has 8 heteroatoms. The van der Waals surface area contributed by atoms with Crippen molar-refractivity contribution in [1.82, 2.24) is 20.4 Å². The smallest absolute Gasteiger partial charge is 0.191 e. The average molecular weight is 560 g/mol. The predicted molar refractivity (Wildman–Crippen MR) is 143 cm³/mol. The van der Waals surface area contributed by atoms with Crippen LogP contribution in [0.3, 0.4) is 0 Å². The van der Waals surface area contributed by atoms with E-state index in [-0.39, 0.29) is 30.1 Å². The Balaban J connectivity index is 0.00000363. The molecule has 1 saturated heterocycles. The number of nitrogens with zero attached hydrogens (tertiary/aromatic N) is 3. The van der Waals surface area contributed by atoms with E-state index in [0.717, 1.165) is 49.0 Å². The highest BCUT2D eigenvalue weighted by atomic mass is 127. The van der Waals surface area contributed by atoms with E-state index >= 15 is 0 Å². The first-order valence-electron chi connectivity index (χ1n) is 12.0. The first kappa shape index (κ1) is 27.0. The zero-order valence-electron chi connectivity index (χ0n) is 20.3. The highest BCUT2D eigenvalue weighted by Crippen LogP contribution is 2.35. The summed E-state index contributed by atoms with van der Waals surface area (Å²) in [5.41, 5.74) is 2.30. The fourth-order valence-corrected chi connectivity index (χ4v) is 4.14. The number of guanidine groups is 1. The Morgan fingerprint density at radius 3 is 2.66 bits per heavy atom. The Morgan fingerprint density at radius 2 is 1.94 bits per heavy atom. The van der Waals surface area contributed by atoms with Gasteiger partial charge < -0.3 is 29.9 Å². The van der Waals surface area contributed by atoms with Gasteiger partial charge in [0.15, 0.2) is 5.96 Å². The minimum Gasteiger partial charge on any atom is -0.494 e. The number of nitrogens with one attached hydrogen (secondary N) is 2. The van der Waals surface area contributed by atoms with Crippen LogP contribution in [0.4, 0.5) is 0 Å². The summed E-state index contributed by atoms with van der Waals surface area (Å²) in [4.78, 5) is 9.79. The number of fused-ring (bicyclic) bond motifs is 1. The van der Waals surface area contributed by atoms with Gasteiger partial charge in [0.2, 0.25) is 0 Å². The molecule has 2 N–H and O–H groups in total. The summed E-state index contributed by atoms with van der Waals surface area (Å²) in [5, 5.41) is 6.85. The van der Waals surface area contributed by atoms with E-state index in [9.17, 15) is 0 Å². The van der Waals surface area contributed by atoms with E-state index in [1.54, 1.807) is 0 Å². The number of unbranched alkanes of at least 4 members (excludes halogenated alkanes) is 1. The van der Waals surface area contributed by atoms with Gasteiger partial charge >= 0.3 is 0 Å². The first-order chi connectivity index (χ1) is 15.1. The first-order valence-corrected chi connectivity index (χ1v) is 12.0. The van der Waals surface area contributed by atoms with E-state index in [1.165, 1.54) is 44.7 Å². The molecule has 2 aliphatic heterocycles. The molecule has 1 aromatic rings. The van der Waals surface area contributed by atoms with Gasteiger partial charge in [-0.3, -0.25) is 0 Å². The van der Waals surface area contributed by atoms with Crippen molar-refractivity contribution < 1.29 is 9.47 Å². The predicted octanol–water partition coefficient (Wildman–Crippen LogP) is 3.11. The Hall–Kier alpha value is -1.26. The molecular weight excluding hydrogens is 517 g/mol. The zero-order valence-corrected chi connectivity index (χ0v) is 22.6. The maximum Gasteiger partial charge on any atom is 0.191 e. The van der Waals surface area contributed by atoms with Gasteiger partial charge in [0.25, 0.3) is 0 Å². The van der Waals surface area contributed by atoms with Crippen molar-refractivity contribution in [3.05, 3.63) is 23.3 Å². The van der Waals surface area contributed by atoms with Crippen LogP contribution in [0.15, 0.2) is 17.1 Å². The lowest BCUT2D eigenvalue weighted by Crippen LogP contribution is -2.44. The standard InChI is InChI=1S/C24H41N5O2.HI/c1-5-25-24(26-9-7-8-10-29-13-11-28(4)12-14-29)27-18-21-17-23-20(15-19(3)31-23)16-22(21)30-6-2;/h16-17,19H,5-15,18H2,1-4H3,(H2,25,26,27);1H. The molecular formula is C24H42IN5O2. The Morgan fingerprint density at radius 1 is 1.16 bits per heavy atom. The number of likely N-dealkylation sites (N-methyl/N-ethyl adjacent to an activating group) is 1. The number of hydrogen-bond acceptors (Lipinski definition) is 5. The minimum atomic E-state index is 0. The van der Waals surface area contributed by atoms with Crippen molar-refractivity contribution in [3.63, 3.8) is 0 Å². The lowest BCUT2D eigenvalue weighted by atomic mass is 10.1. The van der Waals surface area contributed by atoms with Crippen molar-refractivity contribution in [2.75, 3.05) is 59.5 Å². The number of ether oxygens (including phenoxy) is 2. The van der Waals surface area contributed by atoms with Gasteiger partial charge in [0.05, 0.1) is 13.2 Å². The molecule has 1 atom stereocenters. The van der Waals surface area contributed by atoms with E-state index in [1.807, 2.05) is 6.92 Å². The number of halogens is 1. The summed E-state index contributed by atoms with van der Waals surface area (Å²) in [6, 6.07) is 4.23. The third-order valence-electron chi connectivity index (χ3n) is 5.92. The molecule has 0 spiro atoms. The van der Waals surface area contributed by atoms with Gasteiger partial charge in [-0.2, -0.15) is 0 Å². The zero-order chi connectivity index (χ0) is 22.1. The van der Waals surface area contributed by atoms with Gasteiger partial charge in [-0.25, -0.2) is 4.99 Å². The third kappa shape index (κ3) is 8.26. The van der Waals surface area contributed by atoms with E-state index < -0.39 is 0 Å². The van der Waals surface area contributed by atoms with Gasteiger partial charge in [0.1, 0.15) is 17.6 Å². The van der Waals surface area contributed by atoms with Crippen molar-refractivity contribution >= 4 is 29.9 Å². The molecule has 32 heavy (non-hydrogen) atoms. The highest BCUT2D eigenvalue weighted by molar-refractivity contribution is 14.0. The number of piperazine rings is 1. The van der Waals surface area contributed by atoms with Crippen LogP contribution in [-0.4, -0.2) is 81.3 Å². The van der Waals surface area contributed by atoms with Crippen molar-refractivity contribution in [1.29, 1.82) is 0 Å². The topological polar surface area (TPSA) is 61.4 Å². The number of rotatable bonds is 10. The van der Waals surface area contributed by atoms with Crippen LogP contribution in [0.2, 0.25) is 0 Å². The molecule has 2 aliphatic rings. The van der Waals surface area contributed by atoms with Crippen LogP contribution >= 0.6 is 24.0 Å². The lowest BCUT2D eigenvalue weighted by Gasteiger charge is -2.32. The van der Waals surface area contributed by atoms with Crippen molar-refractivity contribution in [2.45, 2.75) is 52.7 Å². The molecule has 0 saturated carbocycles. The van der Waals surface area contributed by atoms with Gasteiger partial charge in [0, 0.05) is 56.8 Å². The average Bonchev–Trinajstić information content (AvgIpc) is 3.12. The Bertz CT molecular complexity index is 723. The van der Waals surface area contributed by atoms with Gasteiger partial charge in [-0.1, -0.05) is 0 Å². The molecule has 7 nitrogen and oxygen atoms in total. The second-order valence-electron chi connectivity index (χ2n) is 8.61. The molecule has 0 radical (unpaired) electrons. The molecule has 3 rings (SSSR count). The molecule has 1 aromatic carbocycles. The number of hydrogen-bond donors (Lipinski definition) is 2. The summed E-state index contributed by atoms with van der Waals surface area (Å²) >= 11 is 0. The molecule has 0 amide bonds. The van der Waals surface area contributed by atoms with Crippen LogP contribution in [0, 0.1) is 0 Å². The van der Waals surface area contributed by atoms with Crippen LogP contribution in [-0.2, 0) is 13.0 Å². The molecule has 2 heterocycles. The van der Waals surface area contributed by atoms with Gasteiger partial charge in [-0.15, -0.1) is 24.0 Å². The normalized spacial score (nSPS) is 19.1. The summed E-state index contributed by atoms with van der Waals surface area (Å²) < 4.78 is 11.8. The summed E-state index contributed by atoms with van der Waals surface area (Å²) in [6.45, 7) is 15.2. The van der Waals surface area contributed by atoms with Crippen LogP contribution in [0.5, 0.6) is 11.5 Å². The summed E-state index contributed by atoms with van der Waals surface area (Å²) in [6.07, 6.45) is 3.53. The van der Waals surface area contributed by atoms with Gasteiger partial charge in [-0.05, 0) is 59.3 Å². The Labute approximate surface area is 211 Å². The molecule has 1 unspecified atom stereocenters. The van der Waals surface area contributed by atoms with Crippen molar-refractivity contribution in [2.24, 2.45) is 4.99 Å². The highest BCUT2D eigenvalue weighted by Gasteiger charge is 2.21. The van der Waals surface area contributed by atoms with E-state index in [2.05, 4.69) is 53.5 Å². The van der Waals surface area contributed by atoms with Crippen molar-refractivity contribution in [3.8, 4) is 11.5 Å². The Kier molecular flexibility index (Phi) is 11.9. The molecule has 0 bridgehead atoms.